The van der Waals surface area contributed by atoms with Gasteiger partial charge in [0.1, 0.15) is 0 Å². The number of hydrogen-bond acceptors (Lipinski definition) is 3. The minimum atomic E-state index is -0.412. The smallest absolute Gasteiger partial charge is 0.0919 e. The van der Waals surface area contributed by atoms with Gasteiger partial charge < -0.3 is 9.84 Å². The number of rotatable bonds is 3. The Balaban J connectivity index is 2.03. The Labute approximate surface area is 116 Å². The van der Waals surface area contributed by atoms with Gasteiger partial charge in [-0.15, -0.1) is 0 Å². The van der Waals surface area contributed by atoms with Gasteiger partial charge in [0.25, 0.3) is 0 Å². The summed E-state index contributed by atoms with van der Waals surface area (Å²) in [6.07, 6.45) is 0.891. The van der Waals surface area contributed by atoms with Crippen molar-refractivity contribution in [1.82, 2.24) is 4.90 Å². The van der Waals surface area contributed by atoms with E-state index >= 15 is 0 Å². The second kappa shape index (κ2) is 6.51. The fourth-order valence-corrected chi connectivity index (χ4v) is 2.71. The minimum absolute atomic E-state index is 0.258. The van der Waals surface area contributed by atoms with E-state index < -0.39 is 6.10 Å². The molecule has 1 saturated heterocycles. The first kappa shape index (κ1) is 14.5. The van der Waals surface area contributed by atoms with Crippen LogP contribution in [0.5, 0.6) is 0 Å². The van der Waals surface area contributed by atoms with Crippen LogP contribution in [0.15, 0.2) is 18.2 Å². The molecule has 0 amide bonds. The van der Waals surface area contributed by atoms with Crippen LogP contribution in [0.3, 0.4) is 0 Å². The van der Waals surface area contributed by atoms with Crippen molar-refractivity contribution >= 4 is 0 Å². The van der Waals surface area contributed by atoms with E-state index in [2.05, 4.69) is 43.9 Å². The Kier molecular flexibility index (Phi) is 4.97. The van der Waals surface area contributed by atoms with Crippen molar-refractivity contribution in [3.05, 3.63) is 34.9 Å². The van der Waals surface area contributed by atoms with Gasteiger partial charge in [0.05, 0.1) is 12.2 Å². The van der Waals surface area contributed by atoms with E-state index in [4.69, 9.17) is 4.74 Å². The van der Waals surface area contributed by atoms with Crippen molar-refractivity contribution in [1.29, 1.82) is 0 Å². The summed E-state index contributed by atoms with van der Waals surface area (Å²) in [6.45, 7) is 9.66. The summed E-state index contributed by atoms with van der Waals surface area (Å²) in [4.78, 5) is 2.31. The van der Waals surface area contributed by atoms with Crippen molar-refractivity contribution in [3.8, 4) is 0 Å². The zero-order valence-electron chi connectivity index (χ0n) is 12.2. The maximum Gasteiger partial charge on any atom is 0.0919 e. The fraction of sp³-hybridized carbons (Fsp3) is 0.625. The van der Waals surface area contributed by atoms with Crippen LogP contribution < -0.4 is 0 Å². The standard InChI is InChI=1S/C16H25NO2/c1-12-5-6-13(2)15(9-12)16(18)11-17-7-4-8-19-14(3)10-17/h5-6,9,14,16,18H,4,7-8,10-11H2,1-3H3. The fourth-order valence-electron chi connectivity index (χ4n) is 2.71. The monoisotopic (exact) mass is 263 g/mol. The maximum absolute atomic E-state index is 10.5. The summed E-state index contributed by atoms with van der Waals surface area (Å²) in [5.41, 5.74) is 3.42. The molecule has 1 N–H and O–H groups in total. The topological polar surface area (TPSA) is 32.7 Å². The molecule has 2 atom stereocenters. The molecule has 2 unspecified atom stereocenters. The molecule has 0 bridgehead atoms. The van der Waals surface area contributed by atoms with Gasteiger partial charge in [0.2, 0.25) is 0 Å². The largest absolute Gasteiger partial charge is 0.387 e. The van der Waals surface area contributed by atoms with E-state index in [1.165, 1.54) is 5.56 Å². The van der Waals surface area contributed by atoms with Crippen molar-refractivity contribution < 1.29 is 9.84 Å². The van der Waals surface area contributed by atoms with Gasteiger partial charge in [0.15, 0.2) is 0 Å². The van der Waals surface area contributed by atoms with Crippen molar-refractivity contribution in [3.63, 3.8) is 0 Å². The number of hydrogen-bond donors (Lipinski definition) is 1. The molecule has 19 heavy (non-hydrogen) atoms. The second-order valence-electron chi connectivity index (χ2n) is 5.67. The van der Waals surface area contributed by atoms with Crippen molar-refractivity contribution in [2.75, 3.05) is 26.2 Å². The maximum atomic E-state index is 10.5. The minimum Gasteiger partial charge on any atom is -0.387 e. The molecule has 1 aromatic carbocycles. The molecule has 0 saturated carbocycles. The summed E-state index contributed by atoms with van der Waals surface area (Å²) >= 11 is 0. The van der Waals surface area contributed by atoms with Crippen LogP contribution in [-0.2, 0) is 4.74 Å². The van der Waals surface area contributed by atoms with Crippen molar-refractivity contribution in [2.24, 2.45) is 0 Å². The van der Waals surface area contributed by atoms with E-state index in [1.54, 1.807) is 0 Å². The van der Waals surface area contributed by atoms with Gasteiger partial charge in [0, 0.05) is 26.2 Å². The predicted molar refractivity (Wildman–Crippen MR) is 77.3 cm³/mol. The van der Waals surface area contributed by atoms with Gasteiger partial charge in [-0.1, -0.05) is 23.8 Å². The summed E-state index contributed by atoms with van der Waals surface area (Å²) in [7, 11) is 0. The van der Waals surface area contributed by atoms with Crippen LogP contribution >= 0.6 is 0 Å². The first-order chi connectivity index (χ1) is 9.06. The molecule has 0 radical (unpaired) electrons. The third kappa shape index (κ3) is 4.03. The zero-order valence-corrected chi connectivity index (χ0v) is 12.2. The van der Waals surface area contributed by atoms with Crippen LogP contribution in [0.4, 0.5) is 0 Å². The number of aliphatic hydroxyl groups is 1. The average Bonchev–Trinajstić information content (AvgIpc) is 2.56. The zero-order chi connectivity index (χ0) is 13.8. The Morgan fingerprint density at radius 3 is 3.00 bits per heavy atom. The number of aliphatic hydroxyl groups excluding tert-OH is 1. The van der Waals surface area contributed by atoms with Crippen LogP contribution in [0.2, 0.25) is 0 Å². The van der Waals surface area contributed by atoms with Gasteiger partial charge >= 0.3 is 0 Å². The molecule has 2 rings (SSSR count). The average molecular weight is 263 g/mol. The van der Waals surface area contributed by atoms with Crippen LogP contribution in [0.1, 0.15) is 36.1 Å². The molecule has 1 fully saturated rings. The lowest BCUT2D eigenvalue weighted by Crippen LogP contribution is -2.34. The van der Waals surface area contributed by atoms with E-state index in [0.717, 1.165) is 37.2 Å². The van der Waals surface area contributed by atoms with Crippen LogP contribution in [0, 0.1) is 13.8 Å². The second-order valence-corrected chi connectivity index (χ2v) is 5.67. The summed E-state index contributed by atoms with van der Waals surface area (Å²) in [6, 6.07) is 6.27. The Morgan fingerprint density at radius 2 is 2.21 bits per heavy atom. The number of benzene rings is 1. The van der Waals surface area contributed by atoms with Gasteiger partial charge in [-0.2, -0.15) is 0 Å². The van der Waals surface area contributed by atoms with Gasteiger partial charge in [-0.25, -0.2) is 0 Å². The molecule has 0 spiro atoms. The van der Waals surface area contributed by atoms with Crippen LogP contribution in [0.25, 0.3) is 0 Å². The highest BCUT2D eigenvalue weighted by atomic mass is 16.5. The SMILES string of the molecule is Cc1ccc(C)c(C(O)CN2CCCOC(C)C2)c1. The number of aryl methyl sites for hydroxylation is 2. The quantitative estimate of drug-likeness (QED) is 0.909. The van der Waals surface area contributed by atoms with Gasteiger partial charge in [-0.3, -0.25) is 4.90 Å². The summed E-state index contributed by atoms with van der Waals surface area (Å²) < 4.78 is 5.64. The molecule has 1 heterocycles. The van der Waals surface area contributed by atoms with E-state index in [0.29, 0.717) is 6.54 Å². The third-order valence-corrected chi connectivity index (χ3v) is 3.76. The Bertz CT molecular complexity index is 419. The number of nitrogens with zero attached hydrogens (tertiary/aromatic N) is 1. The predicted octanol–water partition coefficient (Wildman–Crippen LogP) is 2.45. The third-order valence-electron chi connectivity index (χ3n) is 3.76. The first-order valence-electron chi connectivity index (χ1n) is 7.15. The molecule has 1 aromatic rings. The Hall–Kier alpha value is -0.900. The molecular weight excluding hydrogens is 238 g/mol. The summed E-state index contributed by atoms with van der Waals surface area (Å²) in [5.74, 6) is 0. The first-order valence-corrected chi connectivity index (χ1v) is 7.15. The molecule has 0 aliphatic carbocycles. The van der Waals surface area contributed by atoms with Gasteiger partial charge in [-0.05, 0) is 38.3 Å². The summed E-state index contributed by atoms with van der Waals surface area (Å²) in [5, 5.41) is 10.5. The van der Waals surface area contributed by atoms with E-state index in [-0.39, 0.29) is 6.10 Å². The molecule has 3 nitrogen and oxygen atoms in total. The lowest BCUT2D eigenvalue weighted by atomic mass is 10.0. The number of ether oxygens (including phenoxy) is 1. The number of β-amino-alcohol motifs (C(OH)–C–C–N with tert-alkyl or cyclic N) is 1. The van der Waals surface area contributed by atoms with Crippen LogP contribution in [-0.4, -0.2) is 42.4 Å². The van der Waals surface area contributed by atoms with E-state index in [9.17, 15) is 5.11 Å². The lowest BCUT2D eigenvalue weighted by molar-refractivity contribution is 0.0561. The normalized spacial score (nSPS) is 23.1. The van der Waals surface area contributed by atoms with Crippen molar-refractivity contribution in [2.45, 2.75) is 39.4 Å². The van der Waals surface area contributed by atoms with E-state index in [1.807, 2.05) is 0 Å². The highest BCUT2D eigenvalue weighted by Gasteiger charge is 2.19. The Morgan fingerprint density at radius 1 is 1.42 bits per heavy atom. The molecule has 3 heteroatoms. The molecule has 0 aromatic heterocycles. The highest BCUT2D eigenvalue weighted by Crippen LogP contribution is 2.21. The lowest BCUT2D eigenvalue weighted by Gasteiger charge is -2.25. The molecule has 1 aliphatic rings. The molecular formula is C16H25NO2. The molecule has 1 aliphatic heterocycles. The highest BCUT2D eigenvalue weighted by molar-refractivity contribution is 5.32. The molecule has 106 valence electrons.